The summed E-state index contributed by atoms with van der Waals surface area (Å²) in [4.78, 5) is 16.0. The second-order valence-corrected chi connectivity index (χ2v) is 4.77. The van der Waals surface area contributed by atoms with Gasteiger partial charge in [-0.05, 0) is 37.1 Å². The summed E-state index contributed by atoms with van der Waals surface area (Å²) in [6.07, 6.45) is 1.40. The van der Waals surface area contributed by atoms with Crippen molar-refractivity contribution in [3.05, 3.63) is 52.2 Å². The predicted molar refractivity (Wildman–Crippen MR) is 77.5 cm³/mol. The van der Waals surface area contributed by atoms with Crippen LogP contribution in [0, 0.1) is 13.8 Å². The molecule has 0 unspecified atom stereocenters. The van der Waals surface area contributed by atoms with Crippen molar-refractivity contribution in [2.24, 2.45) is 0 Å². The zero-order valence-electron chi connectivity index (χ0n) is 10.7. The number of carbonyl (C=O) groups excluding carboxylic acids is 1. The molecule has 0 saturated carbocycles. The van der Waals surface area contributed by atoms with Gasteiger partial charge < -0.3 is 11.1 Å². The highest BCUT2D eigenvalue weighted by molar-refractivity contribution is 6.33. The van der Waals surface area contributed by atoms with Gasteiger partial charge in [0, 0.05) is 11.9 Å². The smallest absolute Gasteiger partial charge is 0.257 e. The molecule has 0 aliphatic rings. The Morgan fingerprint density at radius 1 is 1.32 bits per heavy atom. The molecular formula is C14H14ClN3O. The number of aryl methyl sites for hydroxylation is 2. The average Bonchev–Trinajstić information content (AvgIpc) is 2.37. The number of carbonyl (C=O) groups is 1. The first kappa shape index (κ1) is 13.4. The lowest BCUT2D eigenvalue weighted by atomic mass is 10.1. The van der Waals surface area contributed by atoms with Gasteiger partial charge in [-0.2, -0.15) is 0 Å². The molecule has 1 amide bonds. The van der Waals surface area contributed by atoms with Gasteiger partial charge in [0.25, 0.3) is 5.91 Å². The molecule has 0 atom stereocenters. The number of benzene rings is 1. The largest absolute Gasteiger partial charge is 0.382 e. The van der Waals surface area contributed by atoms with Crippen LogP contribution in [-0.2, 0) is 0 Å². The van der Waals surface area contributed by atoms with Crippen LogP contribution in [0.4, 0.5) is 11.5 Å². The average molecular weight is 276 g/mol. The van der Waals surface area contributed by atoms with Crippen LogP contribution >= 0.6 is 11.6 Å². The molecule has 4 nitrogen and oxygen atoms in total. The SMILES string of the molecule is Cc1ccc(C)c(NC(=O)c2cnc(N)c(Cl)c2)c1. The van der Waals surface area contributed by atoms with E-state index >= 15 is 0 Å². The van der Waals surface area contributed by atoms with E-state index in [0.717, 1.165) is 16.8 Å². The zero-order chi connectivity index (χ0) is 14.0. The third-order valence-corrected chi connectivity index (χ3v) is 3.08. The van der Waals surface area contributed by atoms with Crippen molar-refractivity contribution in [2.75, 3.05) is 11.1 Å². The Hall–Kier alpha value is -2.07. The van der Waals surface area contributed by atoms with Crippen molar-refractivity contribution in [3.8, 4) is 0 Å². The quantitative estimate of drug-likeness (QED) is 0.884. The first-order valence-electron chi connectivity index (χ1n) is 5.77. The highest BCUT2D eigenvalue weighted by atomic mass is 35.5. The van der Waals surface area contributed by atoms with Crippen LogP contribution in [0.25, 0.3) is 0 Å². The van der Waals surface area contributed by atoms with E-state index in [-0.39, 0.29) is 16.7 Å². The number of anilines is 2. The lowest BCUT2D eigenvalue weighted by molar-refractivity contribution is 0.102. The number of nitrogens with one attached hydrogen (secondary N) is 1. The molecule has 2 rings (SSSR count). The third kappa shape index (κ3) is 3.03. The molecule has 19 heavy (non-hydrogen) atoms. The fourth-order valence-electron chi connectivity index (χ4n) is 1.64. The highest BCUT2D eigenvalue weighted by Crippen LogP contribution is 2.20. The molecule has 1 heterocycles. The Bertz CT molecular complexity index is 641. The molecule has 0 aliphatic carbocycles. The summed E-state index contributed by atoms with van der Waals surface area (Å²) >= 11 is 5.85. The van der Waals surface area contributed by atoms with Gasteiger partial charge >= 0.3 is 0 Å². The van der Waals surface area contributed by atoms with E-state index in [2.05, 4.69) is 10.3 Å². The molecule has 3 N–H and O–H groups in total. The number of amides is 1. The summed E-state index contributed by atoms with van der Waals surface area (Å²) in [5.41, 5.74) is 8.73. The number of hydrogen-bond acceptors (Lipinski definition) is 3. The summed E-state index contributed by atoms with van der Waals surface area (Å²) < 4.78 is 0. The minimum absolute atomic E-state index is 0.213. The Balaban J connectivity index is 2.25. The number of rotatable bonds is 2. The first-order chi connectivity index (χ1) is 8.97. The Morgan fingerprint density at radius 3 is 2.74 bits per heavy atom. The van der Waals surface area contributed by atoms with Gasteiger partial charge in [0.05, 0.1) is 10.6 Å². The predicted octanol–water partition coefficient (Wildman–Crippen LogP) is 3.19. The van der Waals surface area contributed by atoms with Gasteiger partial charge in [0.15, 0.2) is 0 Å². The highest BCUT2D eigenvalue weighted by Gasteiger charge is 2.10. The van der Waals surface area contributed by atoms with Crippen LogP contribution in [0.15, 0.2) is 30.5 Å². The molecule has 0 spiro atoms. The van der Waals surface area contributed by atoms with E-state index in [1.807, 2.05) is 32.0 Å². The second-order valence-electron chi connectivity index (χ2n) is 4.36. The van der Waals surface area contributed by atoms with E-state index in [0.29, 0.717) is 5.56 Å². The van der Waals surface area contributed by atoms with E-state index < -0.39 is 0 Å². The lowest BCUT2D eigenvalue weighted by Crippen LogP contribution is -2.13. The molecule has 0 bridgehead atoms. The summed E-state index contributed by atoms with van der Waals surface area (Å²) in [6.45, 7) is 3.90. The molecule has 0 aliphatic heterocycles. The Kier molecular flexibility index (Phi) is 3.71. The fourth-order valence-corrected chi connectivity index (χ4v) is 1.80. The number of nitrogen functional groups attached to an aromatic ring is 1. The number of pyridine rings is 1. The van der Waals surface area contributed by atoms with Crippen molar-refractivity contribution in [2.45, 2.75) is 13.8 Å². The molecule has 0 fully saturated rings. The maximum absolute atomic E-state index is 12.1. The Morgan fingerprint density at radius 2 is 2.05 bits per heavy atom. The summed E-state index contributed by atoms with van der Waals surface area (Å²) in [5, 5.41) is 3.11. The molecule has 2 aromatic rings. The molecule has 0 saturated heterocycles. The molecule has 1 aromatic carbocycles. The molecule has 1 aromatic heterocycles. The standard InChI is InChI=1S/C14H14ClN3O/c1-8-3-4-9(2)12(5-8)18-14(19)10-6-11(15)13(16)17-7-10/h3-7H,1-2H3,(H2,16,17)(H,18,19). The number of halogens is 1. The minimum Gasteiger partial charge on any atom is -0.382 e. The molecule has 5 heteroatoms. The van der Waals surface area contributed by atoms with Crippen molar-refractivity contribution in [1.29, 1.82) is 0 Å². The van der Waals surface area contributed by atoms with E-state index in [4.69, 9.17) is 17.3 Å². The van der Waals surface area contributed by atoms with Gasteiger partial charge in [0.2, 0.25) is 0 Å². The van der Waals surface area contributed by atoms with Gasteiger partial charge in [-0.25, -0.2) is 4.98 Å². The summed E-state index contributed by atoms with van der Waals surface area (Å²) in [7, 11) is 0. The maximum Gasteiger partial charge on any atom is 0.257 e. The first-order valence-corrected chi connectivity index (χ1v) is 6.15. The number of nitrogens with two attached hydrogens (primary N) is 1. The van der Waals surface area contributed by atoms with Crippen molar-refractivity contribution in [1.82, 2.24) is 4.98 Å². The van der Waals surface area contributed by atoms with E-state index in [1.54, 1.807) is 0 Å². The van der Waals surface area contributed by atoms with Gasteiger partial charge in [0.1, 0.15) is 5.82 Å². The minimum atomic E-state index is -0.261. The third-order valence-electron chi connectivity index (χ3n) is 2.77. The maximum atomic E-state index is 12.1. The van der Waals surface area contributed by atoms with Crippen molar-refractivity contribution < 1.29 is 4.79 Å². The van der Waals surface area contributed by atoms with Gasteiger partial charge in [-0.15, -0.1) is 0 Å². The summed E-state index contributed by atoms with van der Waals surface area (Å²) in [5.74, 6) is -0.0481. The van der Waals surface area contributed by atoms with Crippen LogP contribution in [-0.4, -0.2) is 10.9 Å². The van der Waals surface area contributed by atoms with Crippen LogP contribution in [0.1, 0.15) is 21.5 Å². The summed E-state index contributed by atoms with van der Waals surface area (Å²) in [6, 6.07) is 7.37. The molecule has 98 valence electrons. The normalized spacial score (nSPS) is 10.3. The monoisotopic (exact) mass is 275 g/mol. The van der Waals surface area contributed by atoms with Crippen LogP contribution < -0.4 is 11.1 Å². The van der Waals surface area contributed by atoms with Crippen LogP contribution in [0.2, 0.25) is 5.02 Å². The number of nitrogens with zero attached hydrogens (tertiary/aromatic N) is 1. The van der Waals surface area contributed by atoms with Crippen LogP contribution in [0.3, 0.4) is 0 Å². The second kappa shape index (κ2) is 5.28. The van der Waals surface area contributed by atoms with Crippen molar-refractivity contribution >= 4 is 29.0 Å². The van der Waals surface area contributed by atoms with E-state index in [9.17, 15) is 4.79 Å². The Labute approximate surface area is 116 Å². The van der Waals surface area contributed by atoms with Crippen LogP contribution in [0.5, 0.6) is 0 Å². The number of hydrogen-bond donors (Lipinski definition) is 2. The fraction of sp³-hybridized carbons (Fsp3) is 0.143. The molecular weight excluding hydrogens is 262 g/mol. The lowest BCUT2D eigenvalue weighted by Gasteiger charge is -2.09. The molecule has 0 radical (unpaired) electrons. The van der Waals surface area contributed by atoms with Crippen molar-refractivity contribution in [3.63, 3.8) is 0 Å². The van der Waals surface area contributed by atoms with E-state index in [1.165, 1.54) is 12.3 Å². The van der Waals surface area contributed by atoms with Gasteiger partial charge in [-0.3, -0.25) is 4.79 Å². The topological polar surface area (TPSA) is 68.0 Å². The number of aromatic nitrogens is 1. The zero-order valence-corrected chi connectivity index (χ0v) is 11.5. The van der Waals surface area contributed by atoms with Gasteiger partial charge in [-0.1, -0.05) is 23.7 Å².